The third kappa shape index (κ3) is 3.04. The van der Waals surface area contributed by atoms with Crippen molar-refractivity contribution in [2.24, 2.45) is 5.92 Å². The third-order valence-corrected chi connectivity index (χ3v) is 4.06. The van der Waals surface area contributed by atoms with Crippen molar-refractivity contribution in [2.45, 2.75) is 45.6 Å². The first-order valence-corrected chi connectivity index (χ1v) is 7.56. The second-order valence-electron chi connectivity index (χ2n) is 5.38. The van der Waals surface area contributed by atoms with E-state index in [1.165, 1.54) is 18.9 Å². The Balaban J connectivity index is 2.30. The summed E-state index contributed by atoms with van der Waals surface area (Å²) in [7, 11) is 1.95. The molecule has 2 unspecified atom stereocenters. The van der Waals surface area contributed by atoms with Gasteiger partial charge in [-0.3, -0.25) is 0 Å². The Morgan fingerprint density at radius 3 is 2.70 bits per heavy atom. The van der Waals surface area contributed by atoms with Crippen LogP contribution in [0.2, 0.25) is 0 Å². The summed E-state index contributed by atoms with van der Waals surface area (Å²) < 4.78 is 19.5. The van der Waals surface area contributed by atoms with E-state index < -0.39 is 0 Å². The van der Waals surface area contributed by atoms with Crippen LogP contribution in [-0.2, 0) is 0 Å². The molecule has 3 heteroatoms. The molecule has 1 N–H and O–H groups in total. The summed E-state index contributed by atoms with van der Waals surface area (Å²) in [4.78, 5) is 0. The van der Waals surface area contributed by atoms with Crippen molar-refractivity contribution in [3.63, 3.8) is 0 Å². The lowest BCUT2D eigenvalue weighted by molar-refractivity contribution is 0.299. The van der Waals surface area contributed by atoms with Gasteiger partial charge >= 0.3 is 0 Å². The fourth-order valence-corrected chi connectivity index (χ4v) is 2.88. The van der Waals surface area contributed by atoms with E-state index in [9.17, 15) is 4.39 Å². The van der Waals surface area contributed by atoms with Crippen LogP contribution in [0.15, 0.2) is 28.7 Å². The fraction of sp³-hybridized carbons (Fsp3) is 0.529. The minimum absolute atomic E-state index is 0.151. The van der Waals surface area contributed by atoms with Crippen LogP contribution >= 0.6 is 0 Å². The predicted octanol–water partition coefficient (Wildman–Crippen LogP) is 5.05. The maximum absolute atomic E-state index is 13.7. The molecule has 2 nitrogen and oxygen atoms in total. The van der Waals surface area contributed by atoms with Crippen molar-refractivity contribution in [1.29, 1.82) is 0 Å². The van der Waals surface area contributed by atoms with Crippen molar-refractivity contribution in [1.82, 2.24) is 5.32 Å². The summed E-state index contributed by atoms with van der Waals surface area (Å²) in [5.41, 5.74) is 0.369. The molecular weight excluding hydrogens is 253 g/mol. The third-order valence-electron chi connectivity index (χ3n) is 4.06. The fourth-order valence-electron chi connectivity index (χ4n) is 2.88. The number of hydrogen-bond donors (Lipinski definition) is 1. The summed E-state index contributed by atoms with van der Waals surface area (Å²) in [6.07, 6.45) is 4.66. The summed E-state index contributed by atoms with van der Waals surface area (Å²) in [6, 6.07) is 7.18. The molecule has 2 rings (SSSR count). The maximum atomic E-state index is 13.7. The molecule has 1 heterocycles. The molecule has 0 aliphatic rings. The van der Waals surface area contributed by atoms with Crippen LogP contribution in [0.5, 0.6) is 0 Å². The number of para-hydroxylation sites is 1. The summed E-state index contributed by atoms with van der Waals surface area (Å²) in [6.45, 7) is 4.41. The van der Waals surface area contributed by atoms with Gasteiger partial charge in [0, 0.05) is 5.39 Å². The van der Waals surface area contributed by atoms with Crippen molar-refractivity contribution >= 4 is 11.0 Å². The molecule has 2 aromatic rings. The first-order chi connectivity index (χ1) is 9.71. The molecule has 110 valence electrons. The Hall–Kier alpha value is -1.35. The van der Waals surface area contributed by atoms with Gasteiger partial charge in [-0.15, -0.1) is 0 Å². The number of furan rings is 1. The van der Waals surface area contributed by atoms with E-state index in [1.54, 1.807) is 6.07 Å². The average molecular weight is 277 g/mol. The molecule has 2 atom stereocenters. The van der Waals surface area contributed by atoms with Crippen LogP contribution in [0.25, 0.3) is 11.0 Å². The van der Waals surface area contributed by atoms with E-state index >= 15 is 0 Å². The van der Waals surface area contributed by atoms with Gasteiger partial charge in [0.25, 0.3) is 0 Å². The highest BCUT2D eigenvalue weighted by Crippen LogP contribution is 2.33. The number of fused-ring (bicyclic) bond motifs is 1. The number of hydrogen-bond acceptors (Lipinski definition) is 2. The number of rotatable bonds is 7. The molecule has 0 saturated heterocycles. The number of halogens is 1. The summed E-state index contributed by atoms with van der Waals surface area (Å²) >= 11 is 0. The maximum Gasteiger partial charge on any atom is 0.169 e. The number of unbranched alkanes of at least 4 members (excludes halogenated alkanes) is 1. The van der Waals surface area contributed by atoms with Crippen molar-refractivity contribution in [2.75, 3.05) is 7.05 Å². The Morgan fingerprint density at radius 1 is 1.30 bits per heavy atom. The predicted molar refractivity (Wildman–Crippen MR) is 81.3 cm³/mol. The molecule has 1 aromatic heterocycles. The van der Waals surface area contributed by atoms with Gasteiger partial charge in [0.2, 0.25) is 0 Å². The van der Waals surface area contributed by atoms with Crippen LogP contribution in [0.4, 0.5) is 4.39 Å². The van der Waals surface area contributed by atoms with Crippen molar-refractivity contribution in [3.8, 4) is 0 Å². The smallest absolute Gasteiger partial charge is 0.169 e. The Morgan fingerprint density at radius 2 is 2.10 bits per heavy atom. The zero-order valence-corrected chi connectivity index (χ0v) is 12.6. The lowest BCUT2D eigenvalue weighted by atomic mass is 9.90. The zero-order chi connectivity index (χ0) is 14.5. The number of nitrogens with one attached hydrogen (secondary N) is 1. The van der Waals surface area contributed by atoms with Gasteiger partial charge in [-0.2, -0.15) is 0 Å². The average Bonchev–Trinajstić information content (AvgIpc) is 2.88. The van der Waals surface area contributed by atoms with Gasteiger partial charge in [-0.05, 0) is 31.5 Å². The molecule has 0 radical (unpaired) electrons. The summed E-state index contributed by atoms with van der Waals surface area (Å²) in [5, 5.41) is 4.18. The van der Waals surface area contributed by atoms with E-state index in [0.717, 1.165) is 24.0 Å². The first kappa shape index (κ1) is 15.0. The summed E-state index contributed by atoms with van der Waals surface area (Å²) in [5.74, 6) is 1.07. The standard InChI is InChI=1S/C17H24FNO/c1-4-6-8-12(5-2)16(19-3)15-11-13-9-7-10-14(18)17(13)20-15/h7,9-12,16,19H,4-6,8H2,1-3H3. The number of benzene rings is 1. The van der Waals surface area contributed by atoms with E-state index in [1.807, 2.05) is 19.2 Å². The van der Waals surface area contributed by atoms with Crippen LogP contribution in [0.3, 0.4) is 0 Å². The van der Waals surface area contributed by atoms with E-state index in [2.05, 4.69) is 19.2 Å². The highest BCUT2D eigenvalue weighted by Gasteiger charge is 2.23. The molecule has 20 heavy (non-hydrogen) atoms. The molecule has 0 aliphatic carbocycles. The van der Waals surface area contributed by atoms with Gasteiger partial charge in [0.1, 0.15) is 5.76 Å². The van der Waals surface area contributed by atoms with Crippen LogP contribution in [0, 0.1) is 11.7 Å². The van der Waals surface area contributed by atoms with Gasteiger partial charge in [-0.1, -0.05) is 45.2 Å². The molecule has 0 aliphatic heterocycles. The lowest BCUT2D eigenvalue weighted by Crippen LogP contribution is -2.24. The first-order valence-electron chi connectivity index (χ1n) is 7.56. The van der Waals surface area contributed by atoms with Crippen LogP contribution in [0.1, 0.15) is 51.3 Å². The van der Waals surface area contributed by atoms with Crippen LogP contribution < -0.4 is 5.32 Å². The Labute approximate surface area is 120 Å². The molecule has 1 aromatic carbocycles. The zero-order valence-electron chi connectivity index (χ0n) is 12.6. The lowest BCUT2D eigenvalue weighted by Gasteiger charge is -2.24. The van der Waals surface area contributed by atoms with E-state index in [0.29, 0.717) is 11.5 Å². The topological polar surface area (TPSA) is 25.2 Å². The van der Waals surface area contributed by atoms with Gasteiger partial charge in [-0.25, -0.2) is 4.39 Å². The monoisotopic (exact) mass is 277 g/mol. The van der Waals surface area contributed by atoms with E-state index in [4.69, 9.17) is 4.42 Å². The second-order valence-corrected chi connectivity index (χ2v) is 5.38. The van der Waals surface area contributed by atoms with Crippen LogP contribution in [-0.4, -0.2) is 7.05 Å². The van der Waals surface area contributed by atoms with Gasteiger partial charge < -0.3 is 9.73 Å². The Kier molecular flexibility index (Phi) is 5.18. The van der Waals surface area contributed by atoms with Crippen molar-refractivity contribution < 1.29 is 8.81 Å². The minimum atomic E-state index is -0.287. The SMILES string of the molecule is CCCCC(CC)C(NC)c1cc2cccc(F)c2o1. The van der Waals surface area contributed by atoms with Gasteiger partial charge in [0.15, 0.2) is 11.4 Å². The highest BCUT2D eigenvalue weighted by atomic mass is 19.1. The molecule has 0 spiro atoms. The molecular formula is C17H24FNO. The highest BCUT2D eigenvalue weighted by molar-refractivity contribution is 5.78. The largest absolute Gasteiger partial charge is 0.456 e. The molecule has 0 fully saturated rings. The van der Waals surface area contributed by atoms with Gasteiger partial charge in [0.05, 0.1) is 6.04 Å². The van der Waals surface area contributed by atoms with Crippen molar-refractivity contribution in [3.05, 3.63) is 35.8 Å². The molecule has 0 amide bonds. The minimum Gasteiger partial charge on any atom is -0.456 e. The molecule has 0 bridgehead atoms. The molecule has 0 saturated carbocycles. The van der Waals surface area contributed by atoms with E-state index in [-0.39, 0.29) is 11.9 Å². The normalized spacial score (nSPS) is 14.6. The second kappa shape index (κ2) is 6.89. The quantitative estimate of drug-likeness (QED) is 0.766. The Bertz CT molecular complexity index is 549.